The Balaban J connectivity index is 2.56. The van der Waals surface area contributed by atoms with Crippen LogP contribution in [0.2, 0.25) is 0 Å². The first-order valence-corrected chi connectivity index (χ1v) is 5.96. The summed E-state index contributed by atoms with van der Waals surface area (Å²) in [7, 11) is 1.77. The van der Waals surface area contributed by atoms with Crippen LogP contribution in [0.5, 0.6) is 0 Å². The molecule has 100 valence electrons. The van der Waals surface area contributed by atoms with Gasteiger partial charge >= 0.3 is 0 Å². The summed E-state index contributed by atoms with van der Waals surface area (Å²) in [6.45, 7) is 0. The van der Waals surface area contributed by atoms with Gasteiger partial charge < -0.3 is 16.4 Å². The van der Waals surface area contributed by atoms with Crippen molar-refractivity contribution in [1.82, 2.24) is 0 Å². The first kappa shape index (κ1) is 13.4. The van der Waals surface area contributed by atoms with Crippen molar-refractivity contribution in [2.45, 2.75) is 0 Å². The van der Waals surface area contributed by atoms with Gasteiger partial charge in [-0.2, -0.15) is 5.26 Å². The lowest BCUT2D eigenvalue weighted by atomic mass is 10.1. The normalized spacial score (nSPS) is 9.80. The first-order chi connectivity index (χ1) is 9.54. The number of anilines is 3. The van der Waals surface area contributed by atoms with Gasteiger partial charge in [0.05, 0.1) is 28.6 Å². The van der Waals surface area contributed by atoms with Crippen LogP contribution in [0.25, 0.3) is 0 Å². The van der Waals surface area contributed by atoms with Crippen molar-refractivity contribution in [3.05, 3.63) is 53.6 Å². The number of nitriles is 1. The monoisotopic (exact) mass is 266 g/mol. The molecule has 0 aliphatic rings. The van der Waals surface area contributed by atoms with E-state index in [9.17, 15) is 4.79 Å². The molecule has 0 fully saturated rings. The topological polar surface area (TPSA) is 96.1 Å². The molecular formula is C15H14N4O. The van der Waals surface area contributed by atoms with E-state index in [0.717, 1.165) is 5.69 Å². The Kier molecular flexibility index (Phi) is 3.58. The van der Waals surface area contributed by atoms with Crippen LogP contribution in [0.15, 0.2) is 42.5 Å². The van der Waals surface area contributed by atoms with E-state index in [-0.39, 0.29) is 0 Å². The van der Waals surface area contributed by atoms with Crippen LogP contribution in [0.3, 0.4) is 0 Å². The lowest BCUT2D eigenvalue weighted by Crippen LogP contribution is -2.20. The minimum atomic E-state index is -0.546. The highest BCUT2D eigenvalue weighted by atomic mass is 16.1. The van der Waals surface area contributed by atoms with Crippen molar-refractivity contribution in [3.8, 4) is 6.07 Å². The van der Waals surface area contributed by atoms with Gasteiger partial charge in [0.1, 0.15) is 0 Å². The van der Waals surface area contributed by atoms with Crippen LogP contribution in [-0.2, 0) is 0 Å². The summed E-state index contributed by atoms with van der Waals surface area (Å²) < 4.78 is 0. The summed E-state index contributed by atoms with van der Waals surface area (Å²) in [5.41, 5.74) is 14.0. The van der Waals surface area contributed by atoms with Crippen molar-refractivity contribution in [3.63, 3.8) is 0 Å². The molecule has 4 N–H and O–H groups in total. The van der Waals surface area contributed by atoms with Crippen LogP contribution < -0.4 is 16.4 Å². The van der Waals surface area contributed by atoms with Gasteiger partial charge in [-0.3, -0.25) is 4.79 Å². The van der Waals surface area contributed by atoms with Crippen LogP contribution in [-0.4, -0.2) is 13.0 Å². The molecule has 0 saturated carbocycles. The predicted molar refractivity (Wildman–Crippen MR) is 78.6 cm³/mol. The second-order valence-corrected chi connectivity index (χ2v) is 4.33. The SMILES string of the molecule is CN(c1cccc(C#N)c1)c1c(N)cccc1C(N)=O. The molecule has 0 unspecified atom stereocenters. The number of carbonyl (C=O) groups is 1. The first-order valence-electron chi connectivity index (χ1n) is 5.96. The molecule has 0 heterocycles. The molecule has 0 atom stereocenters. The Labute approximate surface area is 117 Å². The molecule has 0 spiro atoms. The van der Waals surface area contributed by atoms with Gasteiger partial charge in [-0.05, 0) is 30.3 Å². The Morgan fingerprint density at radius 1 is 1.25 bits per heavy atom. The zero-order valence-electron chi connectivity index (χ0n) is 11.0. The van der Waals surface area contributed by atoms with Crippen molar-refractivity contribution in [2.24, 2.45) is 5.73 Å². The lowest BCUT2D eigenvalue weighted by molar-refractivity contribution is 0.100. The van der Waals surface area contributed by atoms with E-state index in [1.54, 1.807) is 48.3 Å². The maximum atomic E-state index is 11.5. The van der Waals surface area contributed by atoms with E-state index in [1.165, 1.54) is 0 Å². The zero-order valence-corrected chi connectivity index (χ0v) is 11.0. The summed E-state index contributed by atoms with van der Waals surface area (Å²) >= 11 is 0. The highest BCUT2D eigenvalue weighted by Gasteiger charge is 2.16. The number of benzene rings is 2. The predicted octanol–water partition coefficient (Wildman–Crippen LogP) is 2.01. The summed E-state index contributed by atoms with van der Waals surface area (Å²) in [6, 6.07) is 14.1. The van der Waals surface area contributed by atoms with E-state index >= 15 is 0 Å². The molecular weight excluding hydrogens is 252 g/mol. The van der Waals surface area contributed by atoms with Gasteiger partial charge in [-0.15, -0.1) is 0 Å². The Morgan fingerprint density at radius 2 is 1.95 bits per heavy atom. The van der Waals surface area contributed by atoms with Crippen molar-refractivity contribution < 1.29 is 4.79 Å². The molecule has 2 aromatic rings. The van der Waals surface area contributed by atoms with E-state index in [0.29, 0.717) is 22.5 Å². The fraction of sp³-hybridized carbons (Fsp3) is 0.0667. The molecule has 2 aromatic carbocycles. The number of para-hydroxylation sites is 1. The van der Waals surface area contributed by atoms with E-state index in [1.807, 2.05) is 6.07 Å². The van der Waals surface area contributed by atoms with Gasteiger partial charge in [-0.1, -0.05) is 12.1 Å². The van der Waals surface area contributed by atoms with Gasteiger partial charge in [0.25, 0.3) is 5.91 Å². The summed E-state index contributed by atoms with van der Waals surface area (Å²) in [6.07, 6.45) is 0. The molecule has 20 heavy (non-hydrogen) atoms. The third kappa shape index (κ3) is 2.40. The van der Waals surface area contributed by atoms with Gasteiger partial charge in [0, 0.05) is 12.7 Å². The Hall–Kier alpha value is -3.00. The number of nitrogen functional groups attached to an aromatic ring is 1. The van der Waals surface area contributed by atoms with Crippen molar-refractivity contribution in [2.75, 3.05) is 17.7 Å². The average Bonchev–Trinajstić information content (AvgIpc) is 2.46. The van der Waals surface area contributed by atoms with E-state index in [2.05, 4.69) is 6.07 Å². The Morgan fingerprint density at radius 3 is 2.60 bits per heavy atom. The number of carbonyl (C=O) groups excluding carboxylic acids is 1. The molecule has 0 aromatic heterocycles. The van der Waals surface area contributed by atoms with E-state index < -0.39 is 5.91 Å². The summed E-state index contributed by atoms with van der Waals surface area (Å²) in [5, 5.41) is 8.94. The molecule has 5 nitrogen and oxygen atoms in total. The van der Waals surface area contributed by atoms with E-state index in [4.69, 9.17) is 16.7 Å². The summed E-state index contributed by atoms with van der Waals surface area (Å²) in [5.74, 6) is -0.546. The Bertz CT molecular complexity index is 703. The fourth-order valence-electron chi connectivity index (χ4n) is 2.05. The van der Waals surface area contributed by atoms with Crippen LogP contribution >= 0.6 is 0 Å². The molecule has 1 amide bonds. The number of rotatable bonds is 3. The summed E-state index contributed by atoms with van der Waals surface area (Å²) in [4.78, 5) is 13.3. The molecule has 0 radical (unpaired) electrons. The molecule has 0 bridgehead atoms. The number of amides is 1. The smallest absolute Gasteiger partial charge is 0.250 e. The number of nitrogens with zero attached hydrogens (tertiary/aromatic N) is 2. The highest BCUT2D eigenvalue weighted by molar-refractivity contribution is 6.02. The minimum absolute atomic E-state index is 0.342. The van der Waals surface area contributed by atoms with Crippen molar-refractivity contribution in [1.29, 1.82) is 5.26 Å². The number of nitrogens with two attached hydrogens (primary N) is 2. The maximum absolute atomic E-state index is 11.5. The lowest BCUT2D eigenvalue weighted by Gasteiger charge is -2.23. The van der Waals surface area contributed by atoms with Crippen LogP contribution in [0, 0.1) is 11.3 Å². The maximum Gasteiger partial charge on any atom is 0.250 e. The van der Waals surface area contributed by atoms with Crippen LogP contribution in [0.1, 0.15) is 15.9 Å². The standard InChI is InChI=1S/C15H14N4O/c1-19(11-5-2-4-10(8-11)9-16)14-12(15(18)20)6-3-7-13(14)17/h2-8H,17H2,1H3,(H2,18,20). The van der Waals surface area contributed by atoms with Crippen LogP contribution in [0.4, 0.5) is 17.1 Å². The minimum Gasteiger partial charge on any atom is -0.397 e. The van der Waals surface area contributed by atoms with Gasteiger partial charge in [0.2, 0.25) is 0 Å². The number of hydrogen-bond donors (Lipinski definition) is 2. The second-order valence-electron chi connectivity index (χ2n) is 4.33. The molecule has 0 saturated heterocycles. The van der Waals surface area contributed by atoms with Crippen molar-refractivity contribution >= 4 is 23.0 Å². The molecule has 0 aliphatic heterocycles. The fourth-order valence-corrected chi connectivity index (χ4v) is 2.05. The second kappa shape index (κ2) is 5.33. The third-order valence-corrected chi connectivity index (χ3v) is 3.03. The third-order valence-electron chi connectivity index (χ3n) is 3.03. The molecule has 5 heteroatoms. The average molecular weight is 266 g/mol. The van der Waals surface area contributed by atoms with Gasteiger partial charge in [-0.25, -0.2) is 0 Å². The number of primary amides is 1. The number of hydrogen-bond acceptors (Lipinski definition) is 4. The quantitative estimate of drug-likeness (QED) is 0.830. The highest BCUT2D eigenvalue weighted by Crippen LogP contribution is 2.32. The molecule has 0 aliphatic carbocycles. The zero-order chi connectivity index (χ0) is 14.7. The van der Waals surface area contributed by atoms with Gasteiger partial charge in [0.15, 0.2) is 0 Å². The largest absolute Gasteiger partial charge is 0.397 e. The molecule has 2 rings (SSSR count).